The second-order valence-electron chi connectivity index (χ2n) is 5.95. The average molecular weight is 275 g/mol. The molecule has 0 amide bonds. The van der Waals surface area contributed by atoms with Crippen molar-refractivity contribution in [2.75, 3.05) is 31.5 Å². The van der Waals surface area contributed by atoms with Gasteiger partial charge >= 0.3 is 0 Å². The molecule has 3 heteroatoms. The Hall–Kier alpha value is -1.06. The molecule has 0 unspecified atom stereocenters. The van der Waals surface area contributed by atoms with Crippen LogP contribution in [0.15, 0.2) is 30.3 Å². The topological polar surface area (TPSA) is 36.1 Å². The molecule has 20 heavy (non-hydrogen) atoms. The smallest absolute Gasteiger partial charge is 0.0340 e. The van der Waals surface area contributed by atoms with E-state index in [0.29, 0.717) is 0 Å². The van der Waals surface area contributed by atoms with Gasteiger partial charge in [-0.3, -0.25) is 0 Å². The first-order valence-corrected chi connectivity index (χ1v) is 8.07. The molecule has 0 radical (unpaired) electrons. The number of anilines is 1. The van der Waals surface area contributed by atoms with Gasteiger partial charge in [0.15, 0.2) is 0 Å². The summed E-state index contributed by atoms with van der Waals surface area (Å²) in [5.74, 6) is 0.940. The Morgan fingerprint density at radius 1 is 0.900 bits per heavy atom. The Morgan fingerprint density at radius 3 is 2.35 bits per heavy atom. The SMILES string of the molecule is CC1CCC(NCCNCCNc2ccccc2)CC1. The van der Waals surface area contributed by atoms with Crippen molar-refractivity contribution in [2.24, 2.45) is 5.92 Å². The van der Waals surface area contributed by atoms with Crippen molar-refractivity contribution < 1.29 is 0 Å². The lowest BCUT2D eigenvalue weighted by Crippen LogP contribution is -2.38. The van der Waals surface area contributed by atoms with Crippen LogP contribution in [0.2, 0.25) is 0 Å². The third kappa shape index (κ3) is 5.93. The van der Waals surface area contributed by atoms with Crippen LogP contribution < -0.4 is 16.0 Å². The highest BCUT2D eigenvalue weighted by atomic mass is 15.0. The number of nitrogens with one attached hydrogen (secondary N) is 3. The number of benzene rings is 1. The maximum atomic E-state index is 3.67. The van der Waals surface area contributed by atoms with Crippen LogP contribution >= 0.6 is 0 Å². The van der Waals surface area contributed by atoms with Crippen LogP contribution in [0.5, 0.6) is 0 Å². The van der Waals surface area contributed by atoms with Gasteiger partial charge in [0.25, 0.3) is 0 Å². The Bertz CT molecular complexity index is 345. The van der Waals surface area contributed by atoms with Crippen molar-refractivity contribution >= 4 is 5.69 Å². The predicted molar refractivity (Wildman–Crippen MR) is 87.2 cm³/mol. The summed E-state index contributed by atoms with van der Waals surface area (Å²) in [5.41, 5.74) is 1.20. The Kier molecular flexibility index (Phi) is 6.89. The average Bonchev–Trinajstić information content (AvgIpc) is 2.49. The molecule has 0 saturated heterocycles. The lowest BCUT2D eigenvalue weighted by molar-refractivity contribution is 0.308. The molecular weight excluding hydrogens is 246 g/mol. The summed E-state index contributed by atoms with van der Waals surface area (Å²) in [5, 5.41) is 10.6. The number of hydrogen-bond acceptors (Lipinski definition) is 3. The van der Waals surface area contributed by atoms with Gasteiger partial charge in [-0.1, -0.05) is 25.1 Å². The third-order valence-corrected chi connectivity index (χ3v) is 4.16. The van der Waals surface area contributed by atoms with Crippen LogP contribution in [0.4, 0.5) is 5.69 Å². The molecule has 0 aromatic heterocycles. The van der Waals surface area contributed by atoms with Gasteiger partial charge in [-0.2, -0.15) is 0 Å². The number of hydrogen-bond donors (Lipinski definition) is 3. The predicted octanol–water partition coefficient (Wildman–Crippen LogP) is 2.86. The van der Waals surface area contributed by atoms with E-state index in [9.17, 15) is 0 Å². The molecule has 2 rings (SSSR count). The minimum atomic E-state index is 0.760. The lowest BCUT2D eigenvalue weighted by atomic mass is 9.87. The largest absolute Gasteiger partial charge is 0.384 e. The first-order chi connectivity index (χ1) is 9.84. The molecule has 1 aliphatic carbocycles. The van der Waals surface area contributed by atoms with E-state index < -0.39 is 0 Å². The molecule has 0 aliphatic heterocycles. The summed E-state index contributed by atoms with van der Waals surface area (Å²) in [6, 6.07) is 11.1. The van der Waals surface area contributed by atoms with E-state index in [1.54, 1.807) is 0 Å². The standard InChI is InChI=1S/C17H29N3/c1-15-7-9-17(10-8-15)20-14-12-18-11-13-19-16-5-3-2-4-6-16/h2-6,15,17-20H,7-14H2,1H3. The first-order valence-electron chi connectivity index (χ1n) is 8.07. The number of para-hydroxylation sites is 1. The van der Waals surface area contributed by atoms with Crippen molar-refractivity contribution in [3.05, 3.63) is 30.3 Å². The van der Waals surface area contributed by atoms with E-state index in [0.717, 1.165) is 38.1 Å². The van der Waals surface area contributed by atoms with Gasteiger partial charge in [-0.15, -0.1) is 0 Å². The summed E-state index contributed by atoms with van der Waals surface area (Å²) >= 11 is 0. The van der Waals surface area contributed by atoms with Gasteiger partial charge in [-0.25, -0.2) is 0 Å². The molecule has 0 atom stereocenters. The van der Waals surface area contributed by atoms with Crippen LogP contribution in [0.3, 0.4) is 0 Å². The Morgan fingerprint density at radius 2 is 1.60 bits per heavy atom. The van der Waals surface area contributed by atoms with Gasteiger partial charge in [0.1, 0.15) is 0 Å². The molecule has 0 spiro atoms. The fourth-order valence-electron chi connectivity index (χ4n) is 2.81. The molecular formula is C17H29N3. The van der Waals surface area contributed by atoms with Crippen molar-refractivity contribution in [3.8, 4) is 0 Å². The minimum Gasteiger partial charge on any atom is -0.384 e. The molecule has 0 heterocycles. The highest BCUT2D eigenvalue weighted by Gasteiger charge is 2.16. The normalized spacial score (nSPS) is 22.6. The van der Waals surface area contributed by atoms with Gasteiger partial charge in [0.2, 0.25) is 0 Å². The van der Waals surface area contributed by atoms with E-state index in [1.165, 1.54) is 31.4 Å². The van der Waals surface area contributed by atoms with E-state index in [2.05, 4.69) is 47.1 Å². The van der Waals surface area contributed by atoms with Crippen molar-refractivity contribution in [1.29, 1.82) is 0 Å². The molecule has 3 N–H and O–H groups in total. The fourth-order valence-corrected chi connectivity index (χ4v) is 2.81. The van der Waals surface area contributed by atoms with Crippen LogP contribution in [0, 0.1) is 5.92 Å². The van der Waals surface area contributed by atoms with Gasteiger partial charge < -0.3 is 16.0 Å². The summed E-state index contributed by atoms with van der Waals surface area (Å²) in [6.45, 7) is 6.51. The summed E-state index contributed by atoms with van der Waals surface area (Å²) in [6.07, 6.45) is 5.51. The minimum absolute atomic E-state index is 0.760. The highest BCUT2D eigenvalue weighted by molar-refractivity contribution is 5.42. The molecule has 0 bridgehead atoms. The summed E-state index contributed by atoms with van der Waals surface area (Å²) < 4.78 is 0. The molecule has 1 aromatic rings. The molecule has 1 aromatic carbocycles. The zero-order valence-electron chi connectivity index (χ0n) is 12.7. The maximum Gasteiger partial charge on any atom is 0.0340 e. The summed E-state index contributed by atoms with van der Waals surface area (Å²) in [7, 11) is 0. The van der Waals surface area contributed by atoms with Crippen molar-refractivity contribution in [3.63, 3.8) is 0 Å². The molecule has 1 saturated carbocycles. The molecule has 3 nitrogen and oxygen atoms in total. The van der Waals surface area contributed by atoms with Crippen LogP contribution in [0.25, 0.3) is 0 Å². The van der Waals surface area contributed by atoms with Gasteiger partial charge in [-0.05, 0) is 43.7 Å². The second-order valence-corrected chi connectivity index (χ2v) is 5.95. The third-order valence-electron chi connectivity index (χ3n) is 4.16. The van der Waals surface area contributed by atoms with Crippen LogP contribution in [0.1, 0.15) is 32.6 Å². The maximum absolute atomic E-state index is 3.67. The van der Waals surface area contributed by atoms with Crippen LogP contribution in [-0.4, -0.2) is 32.2 Å². The molecule has 1 fully saturated rings. The van der Waals surface area contributed by atoms with E-state index in [-0.39, 0.29) is 0 Å². The zero-order chi connectivity index (χ0) is 14.0. The fraction of sp³-hybridized carbons (Fsp3) is 0.647. The van der Waals surface area contributed by atoms with E-state index >= 15 is 0 Å². The molecule has 1 aliphatic rings. The van der Waals surface area contributed by atoms with Gasteiger partial charge in [0.05, 0.1) is 0 Å². The second kappa shape index (κ2) is 8.98. The molecule has 112 valence electrons. The highest BCUT2D eigenvalue weighted by Crippen LogP contribution is 2.23. The van der Waals surface area contributed by atoms with E-state index in [4.69, 9.17) is 0 Å². The van der Waals surface area contributed by atoms with Crippen LogP contribution in [-0.2, 0) is 0 Å². The summed E-state index contributed by atoms with van der Waals surface area (Å²) in [4.78, 5) is 0. The quantitative estimate of drug-likeness (QED) is 0.639. The van der Waals surface area contributed by atoms with Gasteiger partial charge in [0, 0.05) is 37.9 Å². The van der Waals surface area contributed by atoms with Crippen molar-refractivity contribution in [2.45, 2.75) is 38.6 Å². The van der Waals surface area contributed by atoms with Crippen molar-refractivity contribution in [1.82, 2.24) is 10.6 Å². The number of rotatable bonds is 8. The monoisotopic (exact) mass is 275 g/mol. The van der Waals surface area contributed by atoms with E-state index in [1.807, 2.05) is 6.07 Å². The lowest BCUT2D eigenvalue weighted by Gasteiger charge is -2.27. The first kappa shape index (κ1) is 15.3. The zero-order valence-corrected chi connectivity index (χ0v) is 12.7. The Labute approximate surface area is 123 Å². The Balaban J connectivity index is 1.42.